The molecule has 1 aromatic rings. The smallest absolute Gasteiger partial charge is 0.330 e. The van der Waals surface area contributed by atoms with Crippen LogP contribution in [0.15, 0.2) is 24.3 Å². The largest absolute Gasteiger partial charge is 0.416 e. The van der Waals surface area contributed by atoms with Gasteiger partial charge in [0, 0.05) is 0 Å². The van der Waals surface area contributed by atoms with Gasteiger partial charge in [-0.25, -0.2) is 4.39 Å². The molecule has 0 aliphatic heterocycles. The molecule has 1 atom stereocenters. The fourth-order valence-corrected chi connectivity index (χ4v) is 1.42. The third-order valence-corrected chi connectivity index (χ3v) is 2.43. The third-order valence-electron chi connectivity index (χ3n) is 2.43. The van der Waals surface area contributed by atoms with Crippen molar-refractivity contribution in [3.63, 3.8) is 0 Å². The lowest BCUT2D eigenvalue weighted by Crippen LogP contribution is -2.20. The van der Waals surface area contributed by atoms with Gasteiger partial charge in [0.05, 0.1) is 5.56 Å². The van der Waals surface area contributed by atoms with E-state index >= 15 is 0 Å². The molecule has 0 heterocycles. The summed E-state index contributed by atoms with van der Waals surface area (Å²) in [6, 6.07) is 4.06. The minimum atomic E-state index is -4.39. The molecule has 1 unspecified atom stereocenters. The summed E-state index contributed by atoms with van der Waals surface area (Å²) in [7, 11) is 0. The maximum Gasteiger partial charge on any atom is 0.416 e. The van der Waals surface area contributed by atoms with Gasteiger partial charge < -0.3 is 5.73 Å². The Bertz CT molecular complexity index is 340. The Hall–Kier alpha value is -1.10. The van der Waals surface area contributed by atoms with Gasteiger partial charge in [-0.15, -0.1) is 0 Å². The number of alkyl halides is 4. The van der Waals surface area contributed by atoms with Crippen LogP contribution in [-0.4, -0.2) is 6.54 Å². The van der Waals surface area contributed by atoms with E-state index < -0.39 is 17.4 Å². The Kier molecular flexibility index (Phi) is 3.57. The predicted molar refractivity (Wildman–Crippen MR) is 53.6 cm³/mol. The fourth-order valence-electron chi connectivity index (χ4n) is 1.42. The summed E-state index contributed by atoms with van der Waals surface area (Å²) in [5.74, 6) is 0. The van der Waals surface area contributed by atoms with Gasteiger partial charge in [-0.1, -0.05) is 12.1 Å². The highest BCUT2D eigenvalue weighted by Gasteiger charge is 2.31. The molecule has 0 saturated heterocycles. The van der Waals surface area contributed by atoms with E-state index in [1.165, 1.54) is 6.92 Å². The van der Waals surface area contributed by atoms with Crippen molar-refractivity contribution in [1.82, 2.24) is 0 Å². The molecule has 0 saturated carbocycles. The maximum absolute atomic E-state index is 13.9. The van der Waals surface area contributed by atoms with E-state index in [-0.39, 0.29) is 18.5 Å². The van der Waals surface area contributed by atoms with Gasteiger partial charge in [-0.3, -0.25) is 0 Å². The zero-order valence-electron chi connectivity index (χ0n) is 8.81. The van der Waals surface area contributed by atoms with Crippen molar-refractivity contribution in [3.8, 4) is 0 Å². The molecule has 0 aromatic heterocycles. The van der Waals surface area contributed by atoms with Gasteiger partial charge in [0.15, 0.2) is 0 Å². The Morgan fingerprint density at radius 1 is 1.00 bits per heavy atom. The van der Waals surface area contributed by atoms with Crippen molar-refractivity contribution in [3.05, 3.63) is 35.4 Å². The van der Waals surface area contributed by atoms with Gasteiger partial charge in [0.1, 0.15) is 5.67 Å². The van der Waals surface area contributed by atoms with Gasteiger partial charge in [0.25, 0.3) is 0 Å². The molecular formula is C11H13F4N. The molecule has 2 N–H and O–H groups in total. The van der Waals surface area contributed by atoms with Crippen LogP contribution < -0.4 is 5.73 Å². The molecule has 0 fully saturated rings. The predicted octanol–water partition coefficient (Wildman–Crippen LogP) is 3.24. The highest BCUT2D eigenvalue weighted by molar-refractivity contribution is 5.28. The monoisotopic (exact) mass is 235 g/mol. The van der Waals surface area contributed by atoms with Crippen LogP contribution in [0.2, 0.25) is 0 Å². The summed E-state index contributed by atoms with van der Waals surface area (Å²) < 4.78 is 50.6. The van der Waals surface area contributed by atoms with E-state index in [0.717, 1.165) is 24.3 Å². The van der Waals surface area contributed by atoms with Gasteiger partial charge in [0.2, 0.25) is 0 Å². The molecule has 0 amide bonds. The van der Waals surface area contributed by atoms with Crippen LogP contribution >= 0.6 is 0 Å². The summed E-state index contributed by atoms with van der Waals surface area (Å²) in [5.41, 5.74) is 2.99. The molecule has 0 radical (unpaired) electrons. The van der Waals surface area contributed by atoms with Crippen molar-refractivity contribution in [2.24, 2.45) is 5.73 Å². The Labute approximate surface area is 91.3 Å². The van der Waals surface area contributed by atoms with E-state index in [1.807, 2.05) is 0 Å². The van der Waals surface area contributed by atoms with Crippen molar-refractivity contribution in [1.29, 1.82) is 0 Å². The SMILES string of the molecule is CC(F)(CCN)c1ccc(C(F)(F)F)cc1. The van der Waals surface area contributed by atoms with Gasteiger partial charge in [-0.2, -0.15) is 13.2 Å². The average molecular weight is 235 g/mol. The summed E-state index contributed by atoms with van der Waals surface area (Å²) in [6.45, 7) is 1.45. The van der Waals surface area contributed by atoms with Crippen LogP contribution in [-0.2, 0) is 11.8 Å². The van der Waals surface area contributed by atoms with Gasteiger partial charge >= 0.3 is 6.18 Å². The van der Waals surface area contributed by atoms with Crippen LogP contribution in [0.1, 0.15) is 24.5 Å². The second kappa shape index (κ2) is 4.41. The van der Waals surface area contributed by atoms with E-state index in [9.17, 15) is 17.6 Å². The van der Waals surface area contributed by atoms with Crippen LogP contribution in [0.5, 0.6) is 0 Å². The number of nitrogens with two attached hydrogens (primary N) is 1. The Balaban J connectivity index is 2.95. The van der Waals surface area contributed by atoms with E-state index in [2.05, 4.69) is 0 Å². The normalized spacial score (nSPS) is 15.9. The number of benzene rings is 1. The quantitative estimate of drug-likeness (QED) is 0.800. The lowest BCUT2D eigenvalue weighted by atomic mass is 9.93. The minimum Gasteiger partial charge on any atom is -0.330 e. The lowest BCUT2D eigenvalue weighted by Gasteiger charge is -2.20. The number of rotatable bonds is 3. The van der Waals surface area contributed by atoms with Crippen LogP contribution in [0.25, 0.3) is 0 Å². The summed E-state index contributed by atoms with van der Waals surface area (Å²) in [5, 5.41) is 0. The van der Waals surface area contributed by atoms with Crippen molar-refractivity contribution >= 4 is 0 Å². The zero-order chi connectivity index (χ0) is 12.4. The van der Waals surface area contributed by atoms with Crippen LogP contribution in [0.3, 0.4) is 0 Å². The first-order chi connectivity index (χ1) is 7.27. The van der Waals surface area contributed by atoms with Crippen molar-refractivity contribution in [2.75, 3.05) is 6.54 Å². The van der Waals surface area contributed by atoms with E-state index in [4.69, 9.17) is 5.73 Å². The van der Waals surface area contributed by atoms with Crippen molar-refractivity contribution < 1.29 is 17.6 Å². The standard InChI is InChI=1S/C11H13F4N/c1-10(12,6-7-16)8-2-4-9(5-3-8)11(13,14)15/h2-5H,6-7,16H2,1H3. The second-order valence-electron chi connectivity index (χ2n) is 3.81. The first-order valence-electron chi connectivity index (χ1n) is 4.84. The van der Waals surface area contributed by atoms with E-state index in [0.29, 0.717) is 0 Å². The molecule has 0 aliphatic carbocycles. The van der Waals surface area contributed by atoms with Crippen LogP contribution in [0, 0.1) is 0 Å². The molecule has 90 valence electrons. The highest BCUT2D eigenvalue weighted by Crippen LogP contribution is 2.33. The molecule has 0 aliphatic rings. The first-order valence-corrected chi connectivity index (χ1v) is 4.84. The zero-order valence-corrected chi connectivity index (χ0v) is 8.81. The summed E-state index contributed by atoms with van der Waals surface area (Å²) in [6.07, 6.45) is -4.31. The molecule has 0 spiro atoms. The maximum atomic E-state index is 13.9. The van der Waals surface area contributed by atoms with E-state index in [1.54, 1.807) is 0 Å². The third kappa shape index (κ3) is 2.95. The number of halogens is 4. The molecule has 0 bridgehead atoms. The Morgan fingerprint density at radius 3 is 1.81 bits per heavy atom. The summed E-state index contributed by atoms with van der Waals surface area (Å²) in [4.78, 5) is 0. The fraction of sp³-hybridized carbons (Fsp3) is 0.455. The average Bonchev–Trinajstić information content (AvgIpc) is 2.16. The number of hydrogen-bond donors (Lipinski definition) is 1. The molecule has 5 heteroatoms. The minimum absolute atomic E-state index is 0.0817. The van der Waals surface area contributed by atoms with Crippen molar-refractivity contribution in [2.45, 2.75) is 25.2 Å². The molecule has 1 rings (SSSR count). The molecule has 1 nitrogen and oxygen atoms in total. The highest BCUT2D eigenvalue weighted by atomic mass is 19.4. The second-order valence-corrected chi connectivity index (χ2v) is 3.81. The van der Waals surface area contributed by atoms with Gasteiger partial charge in [-0.05, 0) is 37.6 Å². The first kappa shape index (κ1) is 13.0. The topological polar surface area (TPSA) is 26.0 Å². The number of hydrogen-bond acceptors (Lipinski definition) is 1. The Morgan fingerprint density at radius 2 is 1.44 bits per heavy atom. The molecular weight excluding hydrogens is 222 g/mol. The molecule has 1 aromatic carbocycles. The molecule has 16 heavy (non-hydrogen) atoms. The lowest BCUT2D eigenvalue weighted by molar-refractivity contribution is -0.137. The summed E-state index contributed by atoms with van der Waals surface area (Å²) >= 11 is 0. The van der Waals surface area contributed by atoms with Crippen LogP contribution in [0.4, 0.5) is 17.6 Å².